The van der Waals surface area contributed by atoms with Crippen molar-refractivity contribution in [3.63, 3.8) is 0 Å². The first kappa shape index (κ1) is 25.1. The van der Waals surface area contributed by atoms with E-state index in [0.29, 0.717) is 24.0 Å². The van der Waals surface area contributed by atoms with Crippen LogP contribution in [-0.4, -0.2) is 65.9 Å². The van der Waals surface area contributed by atoms with Gasteiger partial charge in [-0.3, -0.25) is 9.88 Å². The third-order valence-corrected chi connectivity index (χ3v) is 10.2. The van der Waals surface area contributed by atoms with Crippen molar-refractivity contribution in [2.24, 2.45) is 5.92 Å². The van der Waals surface area contributed by atoms with E-state index in [1.54, 1.807) is 6.26 Å². The van der Waals surface area contributed by atoms with Crippen LogP contribution in [0.3, 0.4) is 0 Å². The molecular weight excluding hydrogens is 492 g/mol. The van der Waals surface area contributed by atoms with Crippen molar-refractivity contribution in [3.05, 3.63) is 60.2 Å². The lowest BCUT2D eigenvalue weighted by Crippen LogP contribution is -2.44. The van der Waals surface area contributed by atoms with Gasteiger partial charge in [0.05, 0.1) is 29.0 Å². The van der Waals surface area contributed by atoms with E-state index in [4.69, 9.17) is 0 Å². The number of imidazole rings is 1. The van der Waals surface area contributed by atoms with Crippen LogP contribution in [0, 0.1) is 17.6 Å². The Kier molecular flexibility index (Phi) is 7.11. The highest BCUT2D eigenvalue weighted by Crippen LogP contribution is 2.43. The summed E-state index contributed by atoms with van der Waals surface area (Å²) in [5.41, 5.74) is 2.87. The molecule has 3 aromatic rings. The Balaban J connectivity index is 1.17. The molecule has 3 aliphatic rings. The molecule has 5 atom stereocenters. The summed E-state index contributed by atoms with van der Waals surface area (Å²) < 4.78 is 44.8. The molecule has 6 rings (SSSR count). The maximum Gasteiger partial charge on any atom is 0.126 e. The van der Waals surface area contributed by atoms with Crippen LogP contribution in [0.15, 0.2) is 43.0 Å². The molecular formula is C28H35F2N5OS. The lowest BCUT2D eigenvalue weighted by molar-refractivity contribution is 0.0993. The normalized spacial score (nSPS) is 27.1. The van der Waals surface area contributed by atoms with Crippen molar-refractivity contribution in [2.45, 2.75) is 69.0 Å². The van der Waals surface area contributed by atoms with Crippen molar-refractivity contribution in [2.75, 3.05) is 25.9 Å². The highest BCUT2D eigenvalue weighted by atomic mass is 32.2. The molecule has 2 bridgehead atoms. The molecule has 0 amide bonds. The molecule has 0 spiro atoms. The van der Waals surface area contributed by atoms with Gasteiger partial charge in [0.1, 0.15) is 17.2 Å². The van der Waals surface area contributed by atoms with Gasteiger partial charge in [-0.15, -0.1) is 0 Å². The Morgan fingerprint density at radius 2 is 1.73 bits per heavy atom. The number of benzene rings is 1. The molecule has 37 heavy (non-hydrogen) atoms. The number of nitrogens with zero attached hydrogens (tertiary/aromatic N) is 5. The predicted octanol–water partition coefficient (Wildman–Crippen LogP) is 5.06. The molecule has 9 heteroatoms. The molecule has 3 fully saturated rings. The van der Waals surface area contributed by atoms with Gasteiger partial charge in [-0.05, 0) is 87.1 Å². The molecule has 3 saturated heterocycles. The molecule has 198 valence electrons. The summed E-state index contributed by atoms with van der Waals surface area (Å²) in [6.45, 7) is 2.49. The average Bonchev–Trinajstić information content (AvgIpc) is 3.41. The van der Waals surface area contributed by atoms with E-state index in [1.165, 1.54) is 25.0 Å². The van der Waals surface area contributed by atoms with Gasteiger partial charge in [-0.2, -0.15) is 0 Å². The number of hydrogen-bond donors (Lipinski definition) is 0. The van der Waals surface area contributed by atoms with Crippen molar-refractivity contribution >= 4 is 22.0 Å². The predicted molar refractivity (Wildman–Crippen MR) is 141 cm³/mol. The van der Waals surface area contributed by atoms with E-state index < -0.39 is 22.6 Å². The van der Waals surface area contributed by atoms with Crippen LogP contribution in [-0.2, 0) is 11.0 Å². The average molecular weight is 528 g/mol. The van der Waals surface area contributed by atoms with Crippen molar-refractivity contribution < 1.29 is 13.0 Å². The first-order valence-corrected chi connectivity index (χ1v) is 15.0. The lowest BCUT2D eigenvalue weighted by atomic mass is 9.78. The zero-order valence-corrected chi connectivity index (χ0v) is 22.1. The monoisotopic (exact) mass is 527 g/mol. The summed E-state index contributed by atoms with van der Waals surface area (Å²) in [5, 5.41) is 0. The van der Waals surface area contributed by atoms with Gasteiger partial charge >= 0.3 is 0 Å². The Morgan fingerprint density at radius 1 is 1.03 bits per heavy atom. The first-order chi connectivity index (χ1) is 18.0. The number of piperidine rings is 2. The van der Waals surface area contributed by atoms with Gasteiger partial charge in [0.2, 0.25) is 0 Å². The summed E-state index contributed by atoms with van der Waals surface area (Å²) in [6.07, 6.45) is 14.7. The standard InChI is InChI=1S/C28H35F2N5OS/c1-37(36)33-9-5-19(6-10-33)26(20-12-21(29)14-22(30)13-20)7-11-34-23-2-3-24(34)16-25(15-23)35-18-32-27-17-31-8-4-28(27)35/h4,8,12-14,17-19,23-26H,2-3,5-7,9-11,15-16H2,1H3/t23-,24+,25?,26?,37?. The smallest absolute Gasteiger partial charge is 0.126 e. The molecule has 0 aliphatic carbocycles. The van der Waals surface area contributed by atoms with Gasteiger partial charge in [-0.25, -0.2) is 22.3 Å². The number of pyridine rings is 1. The van der Waals surface area contributed by atoms with E-state index in [-0.39, 0.29) is 5.92 Å². The van der Waals surface area contributed by atoms with Crippen molar-refractivity contribution in [3.8, 4) is 0 Å². The maximum atomic E-state index is 14.2. The second-order valence-electron chi connectivity index (χ2n) is 11.1. The molecule has 6 nitrogen and oxygen atoms in total. The summed E-state index contributed by atoms with van der Waals surface area (Å²) >= 11 is 0. The zero-order valence-electron chi connectivity index (χ0n) is 21.3. The Morgan fingerprint density at radius 3 is 2.41 bits per heavy atom. The van der Waals surface area contributed by atoms with Crippen LogP contribution < -0.4 is 0 Å². The largest absolute Gasteiger partial charge is 0.327 e. The molecule has 5 heterocycles. The molecule has 0 radical (unpaired) electrons. The summed E-state index contributed by atoms with van der Waals surface area (Å²) in [7, 11) is -0.971. The van der Waals surface area contributed by atoms with Gasteiger partial charge in [0.25, 0.3) is 0 Å². The van der Waals surface area contributed by atoms with Gasteiger partial charge in [-0.1, -0.05) is 0 Å². The SMILES string of the molecule is CS(=O)N1CCC(C(CCN2[C@@H]3CC[C@H]2CC(n2cnc4cnccc42)C3)c2cc(F)cc(F)c2)CC1. The fraction of sp³-hybridized carbons (Fsp3) is 0.571. The Labute approximate surface area is 219 Å². The van der Waals surface area contributed by atoms with E-state index >= 15 is 0 Å². The topological polar surface area (TPSA) is 54.3 Å². The van der Waals surface area contributed by atoms with Crippen LogP contribution >= 0.6 is 0 Å². The highest BCUT2D eigenvalue weighted by molar-refractivity contribution is 7.81. The second kappa shape index (κ2) is 10.5. The van der Waals surface area contributed by atoms with Crippen LogP contribution in [0.4, 0.5) is 8.78 Å². The lowest BCUT2D eigenvalue weighted by Gasteiger charge is -2.41. The van der Waals surface area contributed by atoms with Crippen molar-refractivity contribution in [1.82, 2.24) is 23.7 Å². The van der Waals surface area contributed by atoms with Crippen LogP contribution in [0.5, 0.6) is 0 Å². The summed E-state index contributed by atoms with van der Waals surface area (Å²) in [5.74, 6) is -0.576. The quantitative estimate of drug-likeness (QED) is 0.431. The third kappa shape index (κ3) is 5.10. The highest BCUT2D eigenvalue weighted by Gasteiger charge is 2.42. The first-order valence-electron chi connectivity index (χ1n) is 13.5. The third-order valence-electron chi connectivity index (χ3n) is 9.07. The fourth-order valence-electron chi connectivity index (χ4n) is 7.30. The molecule has 2 aromatic heterocycles. The van der Waals surface area contributed by atoms with E-state index in [9.17, 15) is 13.0 Å². The molecule has 3 aliphatic heterocycles. The van der Waals surface area contributed by atoms with E-state index in [0.717, 1.165) is 74.4 Å². The van der Waals surface area contributed by atoms with Gasteiger partial charge < -0.3 is 4.57 Å². The summed E-state index contributed by atoms with van der Waals surface area (Å²) in [4.78, 5) is 11.4. The number of aromatic nitrogens is 3. The van der Waals surface area contributed by atoms with Crippen molar-refractivity contribution in [1.29, 1.82) is 0 Å². The second-order valence-corrected chi connectivity index (χ2v) is 12.4. The molecule has 1 aromatic carbocycles. The minimum atomic E-state index is -0.971. The minimum Gasteiger partial charge on any atom is -0.327 e. The number of rotatable bonds is 7. The summed E-state index contributed by atoms with van der Waals surface area (Å²) in [6, 6.07) is 7.56. The van der Waals surface area contributed by atoms with Crippen LogP contribution in [0.2, 0.25) is 0 Å². The van der Waals surface area contributed by atoms with Gasteiger partial charge in [0.15, 0.2) is 0 Å². The molecule has 0 N–H and O–H groups in total. The van der Waals surface area contributed by atoms with E-state index in [2.05, 4.69) is 25.5 Å². The molecule has 0 saturated carbocycles. The van der Waals surface area contributed by atoms with E-state index in [1.807, 2.05) is 23.0 Å². The molecule has 3 unspecified atom stereocenters. The Hall–Kier alpha value is -2.23. The number of fused-ring (bicyclic) bond motifs is 3. The maximum absolute atomic E-state index is 14.2. The van der Waals surface area contributed by atoms with Crippen LogP contribution in [0.1, 0.15) is 62.5 Å². The Bertz CT molecular complexity index is 1240. The van der Waals surface area contributed by atoms with Gasteiger partial charge in [0, 0.05) is 49.7 Å². The zero-order chi connectivity index (χ0) is 25.5. The number of hydrogen-bond acceptors (Lipinski definition) is 4. The fourth-order valence-corrected chi connectivity index (χ4v) is 8.02. The number of halogens is 2. The minimum absolute atomic E-state index is 0.0971. The van der Waals surface area contributed by atoms with Crippen LogP contribution in [0.25, 0.3) is 11.0 Å².